The summed E-state index contributed by atoms with van der Waals surface area (Å²) in [6.07, 6.45) is 10.5. The summed E-state index contributed by atoms with van der Waals surface area (Å²) in [5, 5.41) is 0. The van der Waals surface area contributed by atoms with Gasteiger partial charge >= 0.3 is 5.97 Å². The van der Waals surface area contributed by atoms with Crippen molar-refractivity contribution in [2.75, 3.05) is 6.61 Å². The molecule has 0 aliphatic heterocycles. The number of carbonyl (C=O) groups excluding carboxylic acids is 1. The predicted molar refractivity (Wildman–Crippen MR) is 64.7 cm³/mol. The Morgan fingerprint density at radius 1 is 1.47 bits per heavy atom. The van der Waals surface area contributed by atoms with Gasteiger partial charge in [0.05, 0.1) is 25.0 Å². The van der Waals surface area contributed by atoms with Gasteiger partial charge in [0.1, 0.15) is 0 Å². The van der Waals surface area contributed by atoms with E-state index in [0.717, 1.165) is 5.69 Å². The fraction of sp³-hybridized carbons (Fsp3) is 0.692. The summed E-state index contributed by atoms with van der Waals surface area (Å²) in [6, 6.07) is 0.576. The van der Waals surface area contributed by atoms with Crippen LogP contribution < -0.4 is 0 Å². The highest BCUT2D eigenvalue weighted by Crippen LogP contribution is 2.27. The average molecular weight is 236 g/mol. The van der Waals surface area contributed by atoms with Crippen LogP contribution >= 0.6 is 0 Å². The Hall–Kier alpha value is -1.32. The summed E-state index contributed by atoms with van der Waals surface area (Å²) in [7, 11) is 0. The fourth-order valence-electron chi connectivity index (χ4n) is 2.41. The molecule has 4 nitrogen and oxygen atoms in total. The summed E-state index contributed by atoms with van der Waals surface area (Å²) in [5.74, 6) is -0.193. The molecule has 2 rings (SSSR count). The van der Waals surface area contributed by atoms with Gasteiger partial charge in [0.15, 0.2) is 0 Å². The van der Waals surface area contributed by atoms with E-state index in [1.165, 1.54) is 32.1 Å². The standard InChI is InChI=1S/C13H20N2O2/c1-2-17-13(16)8-11-9-15(10-14-11)12-6-4-3-5-7-12/h9-10,12H,2-8H2,1H3. The van der Waals surface area contributed by atoms with Gasteiger partial charge < -0.3 is 9.30 Å². The molecule has 0 spiro atoms. The van der Waals surface area contributed by atoms with Crippen molar-refractivity contribution in [2.45, 2.75) is 51.5 Å². The van der Waals surface area contributed by atoms with Gasteiger partial charge in [0.2, 0.25) is 0 Å². The van der Waals surface area contributed by atoms with Crippen molar-refractivity contribution in [3.8, 4) is 0 Å². The Kier molecular flexibility index (Phi) is 4.18. The molecule has 4 heteroatoms. The topological polar surface area (TPSA) is 44.1 Å². The van der Waals surface area contributed by atoms with Crippen molar-refractivity contribution in [1.29, 1.82) is 0 Å². The van der Waals surface area contributed by atoms with Crippen LogP contribution in [0.1, 0.15) is 50.8 Å². The molecule has 0 N–H and O–H groups in total. The molecule has 0 aromatic carbocycles. The first-order valence-electron chi connectivity index (χ1n) is 6.47. The van der Waals surface area contributed by atoms with Gasteiger partial charge in [-0.3, -0.25) is 4.79 Å². The molecule has 94 valence electrons. The van der Waals surface area contributed by atoms with E-state index in [4.69, 9.17) is 4.74 Å². The molecule has 1 aromatic heterocycles. The van der Waals surface area contributed by atoms with Crippen molar-refractivity contribution in [2.24, 2.45) is 0 Å². The summed E-state index contributed by atoms with van der Waals surface area (Å²) in [6.45, 7) is 2.25. The molecule has 1 saturated carbocycles. The maximum absolute atomic E-state index is 11.3. The van der Waals surface area contributed by atoms with Gasteiger partial charge in [0.25, 0.3) is 0 Å². The van der Waals surface area contributed by atoms with Gasteiger partial charge in [0, 0.05) is 12.2 Å². The molecule has 1 aliphatic carbocycles. The van der Waals surface area contributed by atoms with E-state index in [9.17, 15) is 4.79 Å². The van der Waals surface area contributed by atoms with E-state index < -0.39 is 0 Å². The molecule has 1 aromatic rings. The molecule has 17 heavy (non-hydrogen) atoms. The summed E-state index contributed by atoms with van der Waals surface area (Å²) in [5.41, 5.74) is 0.814. The Labute approximate surface area is 102 Å². The van der Waals surface area contributed by atoms with Gasteiger partial charge in [-0.25, -0.2) is 4.98 Å². The zero-order chi connectivity index (χ0) is 12.1. The van der Waals surface area contributed by atoms with Crippen molar-refractivity contribution < 1.29 is 9.53 Å². The second kappa shape index (κ2) is 5.84. The molecule has 1 fully saturated rings. The number of carbonyl (C=O) groups is 1. The van der Waals surface area contributed by atoms with Crippen LogP contribution in [-0.2, 0) is 16.0 Å². The van der Waals surface area contributed by atoms with E-state index in [1.54, 1.807) is 0 Å². The SMILES string of the molecule is CCOC(=O)Cc1cn(C2CCCCC2)cn1. The van der Waals surface area contributed by atoms with Crippen molar-refractivity contribution in [1.82, 2.24) is 9.55 Å². The zero-order valence-electron chi connectivity index (χ0n) is 10.4. The van der Waals surface area contributed by atoms with Crippen LogP contribution in [0.2, 0.25) is 0 Å². The molecular formula is C13H20N2O2. The van der Waals surface area contributed by atoms with Gasteiger partial charge in [-0.05, 0) is 19.8 Å². The van der Waals surface area contributed by atoms with Crippen LogP contribution in [0, 0.1) is 0 Å². The van der Waals surface area contributed by atoms with E-state index >= 15 is 0 Å². The smallest absolute Gasteiger partial charge is 0.311 e. The van der Waals surface area contributed by atoms with Crippen LogP contribution in [0.25, 0.3) is 0 Å². The molecule has 0 amide bonds. The van der Waals surface area contributed by atoms with Crippen LogP contribution in [0.4, 0.5) is 0 Å². The van der Waals surface area contributed by atoms with E-state index in [1.807, 2.05) is 19.4 Å². The largest absolute Gasteiger partial charge is 0.466 e. The van der Waals surface area contributed by atoms with E-state index in [2.05, 4.69) is 9.55 Å². The Morgan fingerprint density at radius 3 is 2.94 bits per heavy atom. The van der Waals surface area contributed by atoms with Crippen LogP contribution in [-0.4, -0.2) is 22.1 Å². The molecule has 0 atom stereocenters. The van der Waals surface area contributed by atoms with Crippen molar-refractivity contribution in [3.63, 3.8) is 0 Å². The average Bonchev–Trinajstić information content (AvgIpc) is 2.79. The first-order valence-corrected chi connectivity index (χ1v) is 6.47. The van der Waals surface area contributed by atoms with Crippen LogP contribution in [0.5, 0.6) is 0 Å². The minimum Gasteiger partial charge on any atom is -0.466 e. The maximum atomic E-state index is 11.3. The van der Waals surface area contributed by atoms with Crippen molar-refractivity contribution >= 4 is 5.97 Å². The van der Waals surface area contributed by atoms with Crippen LogP contribution in [0.15, 0.2) is 12.5 Å². The lowest BCUT2D eigenvalue weighted by atomic mass is 9.95. The van der Waals surface area contributed by atoms with Gasteiger partial charge in [-0.1, -0.05) is 19.3 Å². The lowest BCUT2D eigenvalue weighted by molar-refractivity contribution is -0.142. The fourth-order valence-corrected chi connectivity index (χ4v) is 2.41. The van der Waals surface area contributed by atoms with E-state index in [-0.39, 0.29) is 12.4 Å². The lowest BCUT2D eigenvalue weighted by Crippen LogP contribution is -2.11. The lowest BCUT2D eigenvalue weighted by Gasteiger charge is -2.22. The highest BCUT2D eigenvalue weighted by Gasteiger charge is 2.16. The molecule has 0 saturated heterocycles. The third kappa shape index (κ3) is 3.32. The third-order valence-corrected chi connectivity index (χ3v) is 3.28. The summed E-state index contributed by atoms with van der Waals surface area (Å²) in [4.78, 5) is 15.6. The number of aromatic nitrogens is 2. The Bertz CT molecular complexity index is 367. The van der Waals surface area contributed by atoms with Crippen LogP contribution in [0.3, 0.4) is 0 Å². The number of hydrogen-bond acceptors (Lipinski definition) is 3. The molecule has 0 bridgehead atoms. The minimum atomic E-state index is -0.193. The number of hydrogen-bond donors (Lipinski definition) is 0. The Balaban J connectivity index is 1.93. The molecule has 0 unspecified atom stereocenters. The number of ether oxygens (including phenoxy) is 1. The normalized spacial score (nSPS) is 17.0. The van der Waals surface area contributed by atoms with Gasteiger partial charge in [-0.2, -0.15) is 0 Å². The molecular weight excluding hydrogens is 216 g/mol. The second-order valence-corrected chi connectivity index (χ2v) is 4.59. The number of nitrogens with zero attached hydrogens (tertiary/aromatic N) is 2. The summed E-state index contributed by atoms with van der Waals surface area (Å²) >= 11 is 0. The number of imidazole rings is 1. The molecule has 1 aliphatic rings. The maximum Gasteiger partial charge on any atom is 0.311 e. The highest BCUT2D eigenvalue weighted by atomic mass is 16.5. The molecule has 1 heterocycles. The summed E-state index contributed by atoms with van der Waals surface area (Å²) < 4.78 is 7.07. The Morgan fingerprint density at radius 2 is 2.24 bits per heavy atom. The predicted octanol–water partition coefficient (Wildman–Crippen LogP) is 2.49. The quantitative estimate of drug-likeness (QED) is 0.754. The highest BCUT2D eigenvalue weighted by molar-refractivity contribution is 5.71. The minimum absolute atomic E-state index is 0.193. The number of esters is 1. The monoisotopic (exact) mass is 236 g/mol. The third-order valence-electron chi connectivity index (χ3n) is 3.28. The number of rotatable bonds is 4. The van der Waals surface area contributed by atoms with Gasteiger partial charge in [-0.15, -0.1) is 0 Å². The second-order valence-electron chi connectivity index (χ2n) is 4.59. The first kappa shape index (κ1) is 12.1. The first-order chi connectivity index (χ1) is 8.29. The zero-order valence-corrected chi connectivity index (χ0v) is 10.4. The molecule has 0 radical (unpaired) electrons. The van der Waals surface area contributed by atoms with E-state index in [0.29, 0.717) is 12.6 Å². The van der Waals surface area contributed by atoms with Crippen molar-refractivity contribution in [3.05, 3.63) is 18.2 Å².